The maximum atomic E-state index is 5.93. The molecule has 0 aliphatic carbocycles. The van der Waals surface area contributed by atoms with Crippen LogP contribution < -0.4 is 4.90 Å². The predicted octanol–water partition coefficient (Wildman–Crippen LogP) is 2.85. The zero-order chi connectivity index (χ0) is 10.7. The number of piperidine rings is 1. The van der Waals surface area contributed by atoms with Gasteiger partial charge in [0.05, 0.1) is 0 Å². The number of aryl methyl sites for hydroxylation is 1. The highest BCUT2D eigenvalue weighted by atomic mass is 35.5. The predicted molar refractivity (Wildman–Crippen MR) is 64.6 cm³/mol. The molecule has 2 rings (SSSR count). The number of hydrogen-bond donors (Lipinski definition) is 0. The SMILES string of the molecule is Cc1cc(N2CCCC(CCl)C2)ccn1. The summed E-state index contributed by atoms with van der Waals surface area (Å²) in [6, 6.07) is 4.24. The first-order valence-electron chi connectivity index (χ1n) is 5.53. The molecule has 15 heavy (non-hydrogen) atoms. The molecule has 1 aromatic heterocycles. The number of aromatic nitrogens is 1. The van der Waals surface area contributed by atoms with E-state index in [0.717, 1.165) is 24.7 Å². The van der Waals surface area contributed by atoms with Crippen molar-refractivity contribution in [3.8, 4) is 0 Å². The van der Waals surface area contributed by atoms with Gasteiger partial charge in [-0.1, -0.05) is 0 Å². The van der Waals surface area contributed by atoms with Crippen molar-refractivity contribution < 1.29 is 0 Å². The molecule has 1 aliphatic rings. The van der Waals surface area contributed by atoms with E-state index >= 15 is 0 Å². The van der Waals surface area contributed by atoms with Crippen molar-refractivity contribution in [2.45, 2.75) is 19.8 Å². The third-order valence-electron chi connectivity index (χ3n) is 2.98. The summed E-state index contributed by atoms with van der Waals surface area (Å²) >= 11 is 5.93. The summed E-state index contributed by atoms with van der Waals surface area (Å²) in [6.45, 7) is 4.27. The van der Waals surface area contributed by atoms with Crippen LogP contribution >= 0.6 is 11.6 Å². The molecule has 0 aromatic carbocycles. The number of anilines is 1. The first-order chi connectivity index (χ1) is 7.29. The lowest BCUT2D eigenvalue weighted by Crippen LogP contribution is -2.36. The van der Waals surface area contributed by atoms with Gasteiger partial charge in [-0.3, -0.25) is 4.98 Å². The van der Waals surface area contributed by atoms with Gasteiger partial charge in [0.2, 0.25) is 0 Å². The van der Waals surface area contributed by atoms with E-state index in [1.165, 1.54) is 18.5 Å². The molecule has 2 heterocycles. The zero-order valence-corrected chi connectivity index (χ0v) is 9.87. The smallest absolute Gasteiger partial charge is 0.0399 e. The molecule has 1 fully saturated rings. The summed E-state index contributed by atoms with van der Waals surface area (Å²) in [4.78, 5) is 6.64. The Morgan fingerprint density at radius 3 is 3.20 bits per heavy atom. The van der Waals surface area contributed by atoms with Crippen molar-refractivity contribution in [2.75, 3.05) is 23.9 Å². The second-order valence-corrected chi connectivity index (χ2v) is 4.57. The van der Waals surface area contributed by atoms with Gasteiger partial charge in [-0.15, -0.1) is 11.6 Å². The number of pyridine rings is 1. The van der Waals surface area contributed by atoms with E-state index < -0.39 is 0 Å². The van der Waals surface area contributed by atoms with Crippen molar-refractivity contribution in [1.82, 2.24) is 4.98 Å². The topological polar surface area (TPSA) is 16.1 Å². The Hall–Kier alpha value is -0.760. The highest BCUT2D eigenvalue weighted by molar-refractivity contribution is 6.18. The lowest BCUT2D eigenvalue weighted by Gasteiger charge is -2.33. The van der Waals surface area contributed by atoms with E-state index in [9.17, 15) is 0 Å². The summed E-state index contributed by atoms with van der Waals surface area (Å²) in [5.41, 5.74) is 2.37. The maximum Gasteiger partial charge on any atom is 0.0399 e. The van der Waals surface area contributed by atoms with Crippen LogP contribution in [0.4, 0.5) is 5.69 Å². The molecular weight excluding hydrogens is 208 g/mol. The zero-order valence-electron chi connectivity index (χ0n) is 9.12. The van der Waals surface area contributed by atoms with Gasteiger partial charge in [0, 0.05) is 36.5 Å². The monoisotopic (exact) mass is 224 g/mol. The summed E-state index contributed by atoms with van der Waals surface area (Å²) < 4.78 is 0. The number of rotatable bonds is 2. The second-order valence-electron chi connectivity index (χ2n) is 4.26. The van der Waals surface area contributed by atoms with Crippen LogP contribution in [0.5, 0.6) is 0 Å². The molecular formula is C12H17ClN2. The van der Waals surface area contributed by atoms with Crippen molar-refractivity contribution in [3.05, 3.63) is 24.0 Å². The molecule has 0 amide bonds. The van der Waals surface area contributed by atoms with E-state index in [2.05, 4.69) is 22.0 Å². The van der Waals surface area contributed by atoms with Gasteiger partial charge in [-0.05, 0) is 37.8 Å². The Morgan fingerprint density at radius 1 is 1.60 bits per heavy atom. The Balaban J connectivity index is 2.09. The molecule has 1 saturated heterocycles. The molecule has 82 valence electrons. The highest BCUT2D eigenvalue weighted by Gasteiger charge is 2.19. The Bertz CT molecular complexity index is 327. The quantitative estimate of drug-likeness (QED) is 0.719. The minimum absolute atomic E-state index is 0.647. The average molecular weight is 225 g/mol. The summed E-state index contributed by atoms with van der Waals surface area (Å²) in [6.07, 6.45) is 4.40. The Kier molecular flexibility index (Phi) is 3.47. The molecule has 0 saturated carbocycles. The van der Waals surface area contributed by atoms with E-state index in [1.807, 2.05) is 13.1 Å². The molecule has 3 heteroatoms. The van der Waals surface area contributed by atoms with E-state index in [4.69, 9.17) is 11.6 Å². The molecule has 1 atom stereocenters. The molecule has 1 aliphatic heterocycles. The van der Waals surface area contributed by atoms with Gasteiger partial charge in [0.25, 0.3) is 0 Å². The van der Waals surface area contributed by atoms with E-state index in [-0.39, 0.29) is 0 Å². The summed E-state index contributed by atoms with van der Waals surface area (Å²) in [5.74, 6) is 1.43. The lowest BCUT2D eigenvalue weighted by atomic mass is 9.99. The average Bonchev–Trinajstić information content (AvgIpc) is 2.29. The third kappa shape index (κ3) is 2.63. The minimum atomic E-state index is 0.647. The first-order valence-corrected chi connectivity index (χ1v) is 6.06. The lowest BCUT2D eigenvalue weighted by molar-refractivity contribution is 0.451. The highest BCUT2D eigenvalue weighted by Crippen LogP contribution is 2.23. The van der Waals surface area contributed by atoms with Crippen molar-refractivity contribution in [1.29, 1.82) is 0 Å². The largest absolute Gasteiger partial charge is 0.371 e. The molecule has 1 aromatic rings. The van der Waals surface area contributed by atoms with Gasteiger partial charge >= 0.3 is 0 Å². The van der Waals surface area contributed by atoms with Gasteiger partial charge in [0.1, 0.15) is 0 Å². The van der Waals surface area contributed by atoms with Crippen molar-refractivity contribution in [3.63, 3.8) is 0 Å². The maximum absolute atomic E-state index is 5.93. The molecule has 1 unspecified atom stereocenters. The van der Waals surface area contributed by atoms with Crippen molar-refractivity contribution >= 4 is 17.3 Å². The fourth-order valence-corrected chi connectivity index (χ4v) is 2.40. The molecule has 2 nitrogen and oxygen atoms in total. The Labute approximate surface area is 96.3 Å². The standard InChI is InChI=1S/C12H17ClN2/c1-10-7-12(4-5-14-10)15-6-2-3-11(8-13)9-15/h4-5,7,11H,2-3,6,8-9H2,1H3. The normalized spacial score (nSPS) is 21.7. The van der Waals surface area contributed by atoms with Gasteiger partial charge in [0.15, 0.2) is 0 Å². The Morgan fingerprint density at radius 2 is 2.47 bits per heavy atom. The van der Waals surface area contributed by atoms with Crippen molar-refractivity contribution in [2.24, 2.45) is 5.92 Å². The van der Waals surface area contributed by atoms with Crippen LogP contribution in [-0.2, 0) is 0 Å². The first kappa shape index (κ1) is 10.7. The third-order valence-corrected chi connectivity index (χ3v) is 3.42. The van der Waals surface area contributed by atoms with Gasteiger partial charge in [-0.25, -0.2) is 0 Å². The van der Waals surface area contributed by atoms with Crippen LogP contribution in [0.1, 0.15) is 18.5 Å². The minimum Gasteiger partial charge on any atom is -0.371 e. The summed E-state index contributed by atoms with van der Waals surface area (Å²) in [5, 5.41) is 0. The molecule has 0 radical (unpaired) electrons. The number of nitrogens with zero attached hydrogens (tertiary/aromatic N) is 2. The number of halogens is 1. The van der Waals surface area contributed by atoms with Crippen LogP contribution in [0.3, 0.4) is 0 Å². The van der Waals surface area contributed by atoms with Gasteiger partial charge in [-0.2, -0.15) is 0 Å². The number of alkyl halides is 1. The fraction of sp³-hybridized carbons (Fsp3) is 0.583. The van der Waals surface area contributed by atoms with Crippen LogP contribution in [-0.4, -0.2) is 24.0 Å². The fourth-order valence-electron chi connectivity index (χ4n) is 2.15. The van der Waals surface area contributed by atoms with E-state index in [1.54, 1.807) is 0 Å². The second kappa shape index (κ2) is 4.84. The molecule has 0 bridgehead atoms. The molecule has 0 spiro atoms. The summed E-state index contributed by atoms with van der Waals surface area (Å²) in [7, 11) is 0. The van der Waals surface area contributed by atoms with E-state index in [0.29, 0.717) is 5.92 Å². The van der Waals surface area contributed by atoms with Crippen LogP contribution in [0.25, 0.3) is 0 Å². The van der Waals surface area contributed by atoms with Crippen LogP contribution in [0.2, 0.25) is 0 Å². The van der Waals surface area contributed by atoms with Crippen LogP contribution in [0.15, 0.2) is 18.3 Å². The molecule has 0 N–H and O–H groups in total. The van der Waals surface area contributed by atoms with Crippen LogP contribution in [0, 0.1) is 12.8 Å². The number of hydrogen-bond acceptors (Lipinski definition) is 2. The van der Waals surface area contributed by atoms with Gasteiger partial charge < -0.3 is 4.90 Å².